The molecule has 1 aromatic carbocycles. The van der Waals surface area contributed by atoms with E-state index < -0.39 is 5.97 Å². The summed E-state index contributed by atoms with van der Waals surface area (Å²) in [7, 11) is 0. The van der Waals surface area contributed by atoms with Gasteiger partial charge in [0.25, 0.3) is 5.56 Å². The first-order valence-corrected chi connectivity index (χ1v) is 6.95. The van der Waals surface area contributed by atoms with E-state index in [1.54, 1.807) is 6.92 Å². The number of nitrogens with zero attached hydrogens (tertiary/aromatic N) is 1. The van der Waals surface area contributed by atoms with Crippen molar-refractivity contribution >= 4 is 5.97 Å². The predicted molar refractivity (Wildman–Crippen MR) is 77.5 cm³/mol. The lowest BCUT2D eigenvalue weighted by Gasteiger charge is -2.12. The normalized spacial score (nSPS) is 16.7. The van der Waals surface area contributed by atoms with Crippen LogP contribution >= 0.6 is 0 Å². The third-order valence-corrected chi connectivity index (χ3v) is 4.03. The summed E-state index contributed by atoms with van der Waals surface area (Å²) in [6.45, 7) is 1.69. The molecule has 0 aliphatic heterocycles. The maximum Gasteiger partial charge on any atom is 0.308 e. The van der Waals surface area contributed by atoms with Crippen LogP contribution in [0.15, 0.2) is 29.1 Å². The highest BCUT2D eigenvalue weighted by Gasteiger charge is 2.26. The standard InChI is InChI=1S/C16H16N2O3/c1-9-13(8-14(19)20)16(21)18-15(17-9)12-7-6-10-4-2-3-5-11(10)12/h2-5,12H,6-8H2,1H3,(H,19,20)(H,17,18,21). The molecule has 0 saturated carbocycles. The van der Waals surface area contributed by atoms with Crippen LogP contribution in [0.5, 0.6) is 0 Å². The summed E-state index contributed by atoms with van der Waals surface area (Å²) in [6, 6.07) is 8.16. The number of H-pyrrole nitrogens is 1. The van der Waals surface area contributed by atoms with Gasteiger partial charge in [-0.15, -0.1) is 0 Å². The molecule has 2 aromatic rings. The zero-order valence-corrected chi connectivity index (χ0v) is 11.7. The van der Waals surface area contributed by atoms with Crippen LogP contribution in [0.1, 0.15) is 40.5 Å². The molecule has 1 heterocycles. The first-order chi connectivity index (χ1) is 10.1. The molecule has 1 atom stereocenters. The Morgan fingerprint density at radius 1 is 1.43 bits per heavy atom. The minimum Gasteiger partial charge on any atom is -0.481 e. The maximum absolute atomic E-state index is 12.1. The molecule has 21 heavy (non-hydrogen) atoms. The summed E-state index contributed by atoms with van der Waals surface area (Å²) in [6.07, 6.45) is 1.59. The van der Waals surface area contributed by atoms with Crippen LogP contribution in [0.25, 0.3) is 0 Å². The third-order valence-electron chi connectivity index (χ3n) is 4.03. The number of fused-ring (bicyclic) bond motifs is 1. The van der Waals surface area contributed by atoms with Gasteiger partial charge >= 0.3 is 5.97 Å². The number of nitrogens with one attached hydrogen (secondary N) is 1. The van der Waals surface area contributed by atoms with Crippen LogP contribution in [-0.4, -0.2) is 21.0 Å². The van der Waals surface area contributed by atoms with E-state index in [4.69, 9.17) is 5.11 Å². The molecular weight excluding hydrogens is 268 g/mol. The average Bonchev–Trinajstić information content (AvgIpc) is 2.86. The Morgan fingerprint density at radius 3 is 2.90 bits per heavy atom. The molecule has 0 radical (unpaired) electrons. The molecule has 1 aliphatic carbocycles. The van der Waals surface area contributed by atoms with Crippen molar-refractivity contribution in [2.45, 2.75) is 32.1 Å². The van der Waals surface area contributed by atoms with Gasteiger partial charge in [-0.2, -0.15) is 0 Å². The molecule has 108 valence electrons. The lowest BCUT2D eigenvalue weighted by Crippen LogP contribution is -2.22. The molecule has 1 aromatic heterocycles. The fraction of sp³-hybridized carbons (Fsp3) is 0.312. The van der Waals surface area contributed by atoms with Gasteiger partial charge in [-0.25, -0.2) is 4.98 Å². The van der Waals surface area contributed by atoms with Gasteiger partial charge < -0.3 is 10.1 Å². The second-order valence-electron chi connectivity index (χ2n) is 5.38. The number of carboxylic acids is 1. The van der Waals surface area contributed by atoms with E-state index in [1.807, 2.05) is 12.1 Å². The number of rotatable bonds is 3. The van der Waals surface area contributed by atoms with E-state index in [9.17, 15) is 9.59 Å². The Morgan fingerprint density at radius 2 is 2.19 bits per heavy atom. The Bertz CT molecular complexity index is 764. The van der Waals surface area contributed by atoms with E-state index in [-0.39, 0.29) is 23.5 Å². The van der Waals surface area contributed by atoms with Crippen molar-refractivity contribution in [2.24, 2.45) is 0 Å². The number of hydrogen-bond acceptors (Lipinski definition) is 3. The zero-order chi connectivity index (χ0) is 15.0. The van der Waals surface area contributed by atoms with E-state index in [0.29, 0.717) is 11.5 Å². The van der Waals surface area contributed by atoms with Crippen LogP contribution in [0, 0.1) is 6.92 Å². The van der Waals surface area contributed by atoms with Crippen molar-refractivity contribution in [3.63, 3.8) is 0 Å². The second kappa shape index (κ2) is 5.16. The largest absolute Gasteiger partial charge is 0.481 e. The minimum atomic E-state index is -1.02. The first-order valence-electron chi connectivity index (χ1n) is 6.95. The highest BCUT2D eigenvalue weighted by molar-refractivity contribution is 5.70. The zero-order valence-electron chi connectivity index (χ0n) is 11.7. The van der Waals surface area contributed by atoms with Gasteiger partial charge in [0, 0.05) is 17.2 Å². The average molecular weight is 284 g/mol. The summed E-state index contributed by atoms with van der Waals surface area (Å²) >= 11 is 0. The number of carbonyl (C=O) groups is 1. The van der Waals surface area contributed by atoms with Crippen molar-refractivity contribution in [3.8, 4) is 0 Å². The molecule has 2 N–H and O–H groups in total. The second-order valence-corrected chi connectivity index (χ2v) is 5.38. The molecule has 5 nitrogen and oxygen atoms in total. The number of benzene rings is 1. The van der Waals surface area contributed by atoms with Gasteiger partial charge in [0.2, 0.25) is 0 Å². The molecule has 0 bridgehead atoms. The Hall–Kier alpha value is -2.43. The van der Waals surface area contributed by atoms with Gasteiger partial charge in [0.05, 0.1) is 6.42 Å². The minimum absolute atomic E-state index is 0.0893. The highest BCUT2D eigenvalue weighted by Crippen LogP contribution is 2.36. The van der Waals surface area contributed by atoms with Crippen LogP contribution < -0.4 is 5.56 Å². The lowest BCUT2D eigenvalue weighted by atomic mass is 10.00. The number of aromatic amines is 1. The van der Waals surface area contributed by atoms with Gasteiger partial charge in [0.1, 0.15) is 5.82 Å². The van der Waals surface area contributed by atoms with Crippen molar-refractivity contribution < 1.29 is 9.90 Å². The summed E-state index contributed by atoms with van der Waals surface area (Å²) in [5.41, 5.74) is 2.88. The van der Waals surface area contributed by atoms with Gasteiger partial charge in [-0.05, 0) is 30.9 Å². The van der Waals surface area contributed by atoms with Crippen molar-refractivity contribution in [3.05, 3.63) is 62.8 Å². The Balaban J connectivity index is 2.02. The fourth-order valence-electron chi connectivity index (χ4n) is 3.00. The quantitative estimate of drug-likeness (QED) is 0.900. The summed E-state index contributed by atoms with van der Waals surface area (Å²) in [4.78, 5) is 30.1. The first kappa shape index (κ1) is 13.5. The van der Waals surface area contributed by atoms with E-state index in [2.05, 4.69) is 22.1 Å². The number of hydrogen-bond donors (Lipinski definition) is 2. The maximum atomic E-state index is 12.1. The van der Waals surface area contributed by atoms with Crippen LogP contribution in [-0.2, 0) is 17.6 Å². The van der Waals surface area contributed by atoms with Crippen molar-refractivity contribution in [1.29, 1.82) is 0 Å². The molecule has 1 aliphatic rings. The van der Waals surface area contributed by atoms with Gasteiger partial charge in [-0.3, -0.25) is 9.59 Å². The molecule has 0 spiro atoms. The fourth-order valence-corrected chi connectivity index (χ4v) is 3.00. The molecule has 0 amide bonds. The number of aliphatic carboxylic acids is 1. The van der Waals surface area contributed by atoms with E-state index >= 15 is 0 Å². The molecule has 0 saturated heterocycles. The van der Waals surface area contributed by atoms with Crippen LogP contribution in [0.3, 0.4) is 0 Å². The molecule has 5 heteroatoms. The van der Waals surface area contributed by atoms with Crippen LogP contribution in [0.2, 0.25) is 0 Å². The van der Waals surface area contributed by atoms with Crippen LogP contribution in [0.4, 0.5) is 0 Å². The molecular formula is C16H16N2O3. The highest BCUT2D eigenvalue weighted by atomic mass is 16.4. The number of aryl methyl sites for hydroxylation is 2. The van der Waals surface area contributed by atoms with Crippen molar-refractivity contribution in [2.75, 3.05) is 0 Å². The SMILES string of the molecule is Cc1nc(C2CCc3ccccc32)[nH]c(=O)c1CC(=O)O. The topological polar surface area (TPSA) is 83.0 Å². The lowest BCUT2D eigenvalue weighted by molar-refractivity contribution is -0.136. The summed E-state index contributed by atoms with van der Waals surface area (Å²) in [5, 5.41) is 8.85. The number of aromatic nitrogens is 2. The number of carboxylic acid groups (broad SMARTS) is 1. The van der Waals surface area contributed by atoms with E-state index in [1.165, 1.54) is 11.1 Å². The molecule has 0 fully saturated rings. The summed E-state index contributed by atoms with van der Waals surface area (Å²) < 4.78 is 0. The molecule has 1 unspecified atom stereocenters. The van der Waals surface area contributed by atoms with Crippen molar-refractivity contribution in [1.82, 2.24) is 9.97 Å². The van der Waals surface area contributed by atoms with Gasteiger partial charge in [-0.1, -0.05) is 24.3 Å². The Kier molecular flexibility index (Phi) is 3.33. The third kappa shape index (κ3) is 2.46. The summed E-state index contributed by atoms with van der Waals surface area (Å²) in [5.74, 6) is -0.299. The smallest absolute Gasteiger partial charge is 0.308 e. The molecule has 3 rings (SSSR count). The Labute approximate surface area is 121 Å². The monoisotopic (exact) mass is 284 g/mol. The van der Waals surface area contributed by atoms with Gasteiger partial charge in [0.15, 0.2) is 0 Å². The predicted octanol–water partition coefficient (Wildman–Crippen LogP) is 1.78. The van der Waals surface area contributed by atoms with E-state index in [0.717, 1.165) is 12.8 Å².